The monoisotopic (exact) mass is 409 g/mol. The molecular formula is C23H24ClN3O2. The van der Waals surface area contributed by atoms with Crippen molar-refractivity contribution in [3.63, 3.8) is 0 Å². The number of carbonyl (C=O) groups excluding carboxylic acids is 2. The summed E-state index contributed by atoms with van der Waals surface area (Å²) in [6, 6.07) is 10.5. The van der Waals surface area contributed by atoms with Crippen LogP contribution in [0.4, 0.5) is 17.1 Å². The Morgan fingerprint density at radius 3 is 2.62 bits per heavy atom. The Hall–Kier alpha value is -2.97. The van der Waals surface area contributed by atoms with E-state index in [1.165, 1.54) is 4.90 Å². The number of halogens is 1. The molecule has 1 aliphatic heterocycles. The maximum atomic E-state index is 13.1. The normalized spacial score (nSPS) is 15.4. The molecule has 5 nitrogen and oxygen atoms in total. The molecule has 0 fully saturated rings. The Balaban J connectivity index is 2.04. The fraction of sp³-hybridized carbons (Fsp3) is 0.304. The van der Waals surface area contributed by atoms with Crippen molar-refractivity contribution in [3.8, 4) is 11.8 Å². The number of benzene rings is 2. The molecule has 0 saturated carbocycles. The van der Waals surface area contributed by atoms with Gasteiger partial charge in [0.05, 0.1) is 16.6 Å². The maximum Gasteiger partial charge on any atom is 0.302 e. The van der Waals surface area contributed by atoms with E-state index in [4.69, 9.17) is 17.3 Å². The molecule has 1 heterocycles. The number of hydrogen-bond acceptors (Lipinski definition) is 3. The lowest BCUT2D eigenvalue weighted by Gasteiger charge is -2.25. The Kier molecular flexibility index (Phi) is 5.86. The van der Waals surface area contributed by atoms with Crippen LogP contribution in [0.1, 0.15) is 42.6 Å². The van der Waals surface area contributed by atoms with Gasteiger partial charge in [0.2, 0.25) is 0 Å². The second-order valence-corrected chi connectivity index (χ2v) is 7.79. The molecule has 0 spiro atoms. The molecule has 150 valence electrons. The van der Waals surface area contributed by atoms with E-state index in [-0.39, 0.29) is 23.7 Å². The number of hydrogen-bond donors (Lipinski definition) is 1. The van der Waals surface area contributed by atoms with E-state index in [2.05, 4.69) is 25.7 Å². The third-order valence-electron chi connectivity index (χ3n) is 5.13. The number of nitrogens with zero attached hydrogens (tertiary/aromatic N) is 2. The molecule has 0 radical (unpaired) electrons. The molecule has 1 atom stereocenters. The van der Waals surface area contributed by atoms with Gasteiger partial charge < -0.3 is 15.5 Å². The van der Waals surface area contributed by atoms with Gasteiger partial charge in [0.15, 0.2) is 0 Å². The minimum atomic E-state index is -0.218. The van der Waals surface area contributed by atoms with Crippen LogP contribution in [0.3, 0.4) is 0 Å². The Morgan fingerprint density at radius 1 is 1.28 bits per heavy atom. The molecule has 0 aromatic heterocycles. The fourth-order valence-corrected chi connectivity index (χ4v) is 3.58. The standard InChI is InChI=1S/C23H24ClN3O2/c1-5-27-21-10-6-15(12-18(21)17(14(2)3)8-11-22(27)28)23(29)26(4)16-7-9-19(24)20(25)13-16/h6-7,9-10,12-14,17H,5,25H2,1-4H3. The van der Waals surface area contributed by atoms with Crippen molar-refractivity contribution in [1.82, 2.24) is 0 Å². The zero-order valence-electron chi connectivity index (χ0n) is 17.0. The molecule has 29 heavy (non-hydrogen) atoms. The summed E-state index contributed by atoms with van der Waals surface area (Å²) < 4.78 is 0. The van der Waals surface area contributed by atoms with Gasteiger partial charge in [0.25, 0.3) is 5.91 Å². The molecule has 0 saturated heterocycles. The fourth-order valence-electron chi connectivity index (χ4n) is 3.47. The largest absolute Gasteiger partial charge is 0.397 e. The van der Waals surface area contributed by atoms with Gasteiger partial charge in [0.1, 0.15) is 0 Å². The van der Waals surface area contributed by atoms with E-state index < -0.39 is 0 Å². The Labute approximate surface area is 176 Å². The van der Waals surface area contributed by atoms with Crippen LogP contribution < -0.4 is 15.5 Å². The van der Waals surface area contributed by atoms with Gasteiger partial charge in [-0.05, 0) is 60.7 Å². The number of rotatable bonds is 4. The first kappa shape index (κ1) is 20.8. The zero-order chi connectivity index (χ0) is 21.3. The molecular weight excluding hydrogens is 386 g/mol. The average Bonchev–Trinajstić information content (AvgIpc) is 2.84. The predicted molar refractivity (Wildman–Crippen MR) is 118 cm³/mol. The van der Waals surface area contributed by atoms with Gasteiger partial charge >= 0.3 is 5.91 Å². The quantitative estimate of drug-likeness (QED) is 0.604. The van der Waals surface area contributed by atoms with E-state index in [0.717, 1.165) is 11.3 Å². The first-order chi connectivity index (χ1) is 13.7. The maximum absolute atomic E-state index is 13.1. The van der Waals surface area contributed by atoms with E-state index in [1.807, 2.05) is 19.1 Å². The molecule has 6 heteroatoms. The third-order valence-corrected chi connectivity index (χ3v) is 5.48. The number of nitrogens with two attached hydrogens (primary N) is 1. The van der Waals surface area contributed by atoms with Crippen molar-refractivity contribution in [3.05, 3.63) is 52.5 Å². The summed E-state index contributed by atoms with van der Waals surface area (Å²) >= 11 is 5.99. The predicted octanol–water partition coefficient (Wildman–Crippen LogP) is 4.31. The summed E-state index contributed by atoms with van der Waals surface area (Å²) in [4.78, 5) is 28.7. The highest BCUT2D eigenvalue weighted by Gasteiger charge is 2.27. The van der Waals surface area contributed by atoms with Gasteiger partial charge in [-0.1, -0.05) is 31.4 Å². The minimum absolute atomic E-state index is 0.130. The van der Waals surface area contributed by atoms with Crippen molar-refractivity contribution in [1.29, 1.82) is 0 Å². The molecule has 2 aromatic carbocycles. The number of nitrogen functional groups attached to an aromatic ring is 1. The lowest BCUT2D eigenvalue weighted by atomic mass is 9.87. The smallest absolute Gasteiger partial charge is 0.302 e. The van der Waals surface area contributed by atoms with Gasteiger partial charge in [-0.25, -0.2) is 0 Å². The van der Waals surface area contributed by atoms with Crippen molar-refractivity contribution >= 4 is 40.5 Å². The molecule has 0 bridgehead atoms. The Bertz CT molecular complexity index is 1040. The van der Waals surface area contributed by atoms with Crippen molar-refractivity contribution in [2.24, 2.45) is 5.92 Å². The van der Waals surface area contributed by atoms with Gasteiger partial charge in [0, 0.05) is 30.5 Å². The topological polar surface area (TPSA) is 66.6 Å². The number of carbonyl (C=O) groups is 2. The van der Waals surface area contributed by atoms with Crippen LogP contribution in [0.5, 0.6) is 0 Å². The SMILES string of the molecule is CCN1C(=O)C#CC(C(C)C)c2cc(C(=O)N(C)c3ccc(Cl)c(N)c3)ccc21. The average molecular weight is 410 g/mol. The number of anilines is 3. The molecule has 1 aliphatic rings. The van der Waals surface area contributed by atoms with Gasteiger partial charge in [-0.15, -0.1) is 0 Å². The van der Waals surface area contributed by atoms with Crippen LogP contribution in [0, 0.1) is 17.8 Å². The second-order valence-electron chi connectivity index (χ2n) is 7.38. The highest BCUT2D eigenvalue weighted by Crippen LogP contribution is 2.35. The highest BCUT2D eigenvalue weighted by atomic mass is 35.5. The molecule has 2 aromatic rings. The van der Waals surface area contributed by atoms with E-state index in [0.29, 0.717) is 28.5 Å². The summed E-state index contributed by atoms with van der Waals surface area (Å²) in [6.07, 6.45) is 0. The summed E-state index contributed by atoms with van der Waals surface area (Å²) in [5, 5.41) is 0.447. The van der Waals surface area contributed by atoms with Crippen LogP contribution in [0.2, 0.25) is 5.02 Å². The van der Waals surface area contributed by atoms with Crippen molar-refractivity contribution < 1.29 is 9.59 Å². The number of amides is 2. The summed E-state index contributed by atoms with van der Waals surface area (Å²) in [5.41, 5.74) is 9.16. The van der Waals surface area contributed by atoms with E-state index in [1.54, 1.807) is 36.2 Å². The lowest BCUT2D eigenvalue weighted by molar-refractivity contribution is -0.113. The van der Waals surface area contributed by atoms with Crippen LogP contribution in [0.25, 0.3) is 0 Å². The van der Waals surface area contributed by atoms with Crippen molar-refractivity contribution in [2.45, 2.75) is 26.7 Å². The lowest BCUT2D eigenvalue weighted by Crippen LogP contribution is -2.30. The van der Waals surface area contributed by atoms with E-state index in [9.17, 15) is 9.59 Å². The summed E-state index contributed by atoms with van der Waals surface area (Å²) in [7, 11) is 1.69. The molecule has 1 unspecified atom stereocenters. The first-order valence-corrected chi connectivity index (χ1v) is 9.92. The molecule has 2 N–H and O–H groups in total. The molecule has 3 rings (SSSR count). The zero-order valence-corrected chi connectivity index (χ0v) is 17.7. The third kappa shape index (κ3) is 3.94. The molecule has 0 aliphatic carbocycles. The first-order valence-electron chi connectivity index (χ1n) is 9.54. The number of fused-ring (bicyclic) bond motifs is 1. The van der Waals surface area contributed by atoms with Crippen LogP contribution in [0.15, 0.2) is 36.4 Å². The van der Waals surface area contributed by atoms with Crippen molar-refractivity contribution in [2.75, 3.05) is 29.1 Å². The summed E-state index contributed by atoms with van der Waals surface area (Å²) in [6.45, 7) is 6.55. The van der Waals surface area contributed by atoms with Crippen LogP contribution in [-0.2, 0) is 4.79 Å². The van der Waals surface area contributed by atoms with Crippen LogP contribution in [-0.4, -0.2) is 25.4 Å². The minimum Gasteiger partial charge on any atom is -0.397 e. The molecule has 2 amide bonds. The second kappa shape index (κ2) is 8.18. The van der Waals surface area contributed by atoms with Crippen LogP contribution >= 0.6 is 11.6 Å². The van der Waals surface area contributed by atoms with Gasteiger partial charge in [-0.2, -0.15) is 0 Å². The van der Waals surface area contributed by atoms with Gasteiger partial charge in [-0.3, -0.25) is 9.59 Å². The highest BCUT2D eigenvalue weighted by molar-refractivity contribution is 6.33. The summed E-state index contributed by atoms with van der Waals surface area (Å²) in [5.74, 6) is 5.52. The Morgan fingerprint density at radius 2 is 2.00 bits per heavy atom. The van der Waals surface area contributed by atoms with E-state index >= 15 is 0 Å².